The minimum absolute atomic E-state index is 0.0179. The van der Waals surface area contributed by atoms with E-state index >= 15 is 0 Å². The van der Waals surface area contributed by atoms with Crippen LogP contribution in [0, 0.1) is 11.2 Å². The van der Waals surface area contributed by atoms with E-state index in [1.807, 2.05) is 6.92 Å². The summed E-state index contributed by atoms with van der Waals surface area (Å²) in [5.41, 5.74) is 14.0. The second kappa shape index (κ2) is 9.08. The Morgan fingerprint density at radius 3 is 2.74 bits per heavy atom. The number of hydrogen-bond donors (Lipinski definition) is 4. The fraction of sp³-hybridized carbons (Fsp3) is 0.143. The van der Waals surface area contributed by atoms with Crippen LogP contribution in [0.5, 0.6) is 5.75 Å². The minimum Gasteiger partial charge on any atom is -0.424 e. The van der Waals surface area contributed by atoms with Gasteiger partial charge in [-0.15, -0.1) is 0 Å². The average Bonchev–Trinajstić information content (AvgIpc) is 2.73. The smallest absolute Gasteiger partial charge is 0.308 e. The summed E-state index contributed by atoms with van der Waals surface area (Å²) in [6, 6.07) is 9.86. The van der Waals surface area contributed by atoms with Crippen molar-refractivity contribution in [2.24, 2.45) is 0 Å². The summed E-state index contributed by atoms with van der Waals surface area (Å²) in [6.45, 7) is 3.47. The second-order valence-corrected chi connectivity index (χ2v) is 6.51. The molecule has 0 atom stereocenters. The number of nitrogens with two attached hydrogens (primary N) is 2. The fourth-order valence-corrected chi connectivity index (χ4v) is 2.99. The Balaban J connectivity index is 1.98. The number of nitrogens with one attached hydrogen (secondary N) is 2. The first kappa shape index (κ1) is 21.5. The number of halogens is 1. The van der Waals surface area contributed by atoms with Crippen molar-refractivity contribution in [2.75, 3.05) is 28.2 Å². The Labute approximate surface area is 178 Å². The van der Waals surface area contributed by atoms with E-state index in [2.05, 4.69) is 15.3 Å². The number of carbonyl (C=O) groups excluding carboxylic acids is 1. The van der Waals surface area contributed by atoms with Crippen molar-refractivity contribution >= 4 is 46.7 Å². The molecule has 6 N–H and O–H groups in total. The van der Waals surface area contributed by atoms with E-state index in [4.69, 9.17) is 21.6 Å². The summed E-state index contributed by atoms with van der Waals surface area (Å²) in [7, 11) is 0. The van der Waals surface area contributed by atoms with Crippen molar-refractivity contribution in [1.29, 1.82) is 5.41 Å². The number of nitrogens with zero attached hydrogens (tertiary/aromatic N) is 3. The van der Waals surface area contributed by atoms with Crippen LogP contribution in [0.25, 0.3) is 0 Å². The van der Waals surface area contributed by atoms with E-state index < -0.39 is 11.8 Å². The first-order chi connectivity index (χ1) is 14.8. The van der Waals surface area contributed by atoms with Crippen LogP contribution in [0.4, 0.5) is 38.9 Å². The fourth-order valence-electron chi connectivity index (χ4n) is 2.99. The highest BCUT2D eigenvalue weighted by Gasteiger charge is 2.19. The maximum Gasteiger partial charge on any atom is 0.308 e. The SMILES string of the molecule is CCN(c1cccc(N)c1C=N)c1nc(Nc2ccc(N)c(OC(C)=O)c2)ncc1F. The van der Waals surface area contributed by atoms with Gasteiger partial charge in [-0.2, -0.15) is 4.98 Å². The third-order valence-electron chi connectivity index (χ3n) is 4.37. The molecule has 3 aromatic rings. The lowest BCUT2D eigenvalue weighted by Gasteiger charge is -2.25. The molecule has 0 aliphatic heterocycles. The molecule has 0 radical (unpaired) electrons. The molecule has 0 unspecified atom stereocenters. The van der Waals surface area contributed by atoms with Gasteiger partial charge in [0.2, 0.25) is 5.95 Å². The summed E-state index contributed by atoms with van der Waals surface area (Å²) in [6.07, 6.45) is 2.17. The van der Waals surface area contributed by atoms with E-state index in [9.17, 15) is 9.18 Å². The first-order valence-corrected chi connectivity index (χ1v) is 9.38. The monoisotopic (exact) mass is 423 g/mol. The van der Waals surface area contributed by atoms with Gasteiger partial charge in [-0.05, 0) is 31.2 Å². The molecule has 10 heteroatoms. The van der Waals surface area contributed by atoms with Gasteiger partial charge in [0, 0.05) is 42.7 Å². The van der Waals surface area contributed by atoms with Crippen LogP contribution < -0.4 is 26.4 Å². The van der Waals surface area contributed by atoms with Gasteiger partial charge >= 0.3 is 5.97 Å². The normalized spacial score (nSPS) is 10.4. The molecule has 31 heavy (non-hydrogen) atoms. The van der Waals surface area contributed by atoms with Gasteiger partial charge in [0.25, 0.3) is 0 Å². The van der Waals surface area contributed by atoms with E-state index in [0.717, 1.165) is 12.4 Å². The summed E-state index contributed by atoms with van der Waals surface area (Å²) in [5, 5.41) is 10.6. The van der Waals surface area contributed by atoms with Crippen molar-refractivity contribution in [1.82, 2.24) is 9.97 Å². The predicted molar refractivity (Wildman–Crippen MR) is 119 cm³/mol. The maximum atomic E-state index is 14.7. The van der Waals surface area contributed by atoms with E-state index in [1.165, 1.54) is 13.0 Å². The van der Waals surface area contributed by atoms with E-state index in [-0.39, 0.29) is 17.5 Å². The van der Waals surface area contributed by atoms with E-state index in [1.54, 1.807) is 35.2 Å². The van der Waals surface area contributed by atoms with Gasteiger partial charge in [-0.1, -0.05) is 6.07 Å². The summed E-state index contributed by atoms with van der Waals surface area (Å²) >= 11 is 0. The Kier molecular flexibility index (Phi) is 6.29. The Bertz CT molecular complexity index is 1140. The quantitative estimate of drug-likeness (QED) is 0.195. The van der Waals surface area contributed by atoms with Gasteiger partial charge in [-0.25, -0.2) is 9.37 Å². The number of hydrogen-bond acceptors (Lipinski definition) is 9. The highest BCUT2D eigenvalue weighted by atomic mass is 19.1. The molecule has 0 saturated carbocycles. The lowest BCUT2D eigenvalue weighted by atomic mass is 10.1. The molecule has 1 heterocycles. The number of rotatable bonds is 7. The molecule has 2 aromatic carbocycles. The topological polar surface area (TPSA) is 143 Å². The van der Waals surface area contributed by atoms with Crippen molar-refractivity contribution in [3.8, 4) is 5.75 Å². The van der Waals surface area contributed by atoms with Crippen LogP contribution in [-0.4, -0.2) is 28.7 Å². The number of aromatic nitrogens is 2. The molecule has 0 saturated heterocycles. The van der Waals surface area contributed by atoms with Crippen molar-refractivity contribution < 1.29 is 13.9 Å². The molecule has 0 amide bonds. The number of esters is 1. The summed E-state index contributed by atoms with van der Waals surface area (Å²) in [5.74, 6) is -0.820. The number of benzene rings is 2. The number of nitrogen functional groups attached to an aromatic ring is 2. The first-order valence-electron chi connectivity index (χ1n) is 9.38. The molecule has 0 spiro atoms. The van der Waals surface area contributed by atoms with Crippen LogP contribution in [0.15, 0.2) is 42.6 Å². The van der Waals surface area contributed by atoms with Crippen LogP contribution in [0.1, 0.15) is 19.4 Å². The van der Waals surface area contributed by atoms with Crippen molar-refractivity contribution in [2.45, 2.75) is 13.8 Å². The van der Waals surface area contributed by atoms with Gasteiger partial charge in [0.15, 0.2) is 17.4 Å². The zero-order valence-corrected chi connectivity index (χ0v) is 17.0. The summed E-state index contributed by atoms with van der Waals surface area (Å²) in [4.78, 5) is 21.1. The van der Waals surface area contributed by atoms with Crippen LogP contribution in [0.2, 0.25) is 0 Å². The number of carbonyl (C=O) groups is 1. The van der Waals surface area contributed by atoms with Crippen molar-refractivity contribution in [3.63, 3.8) is 0 Å². The average molecular weight is 423 g/mol. The molecule has 0 bridgehead atoms. The zero-order chi connectivity index (χ0) is 22.5. The highest BCUT2D eigenvalue weighted by molar-refractivity contribution is 5.94. The van der Waals surface area contributed by atoms with Gasteiger partial charge in [0.1, 0.15) is 0 Å². The highest BCUT2D eigenvalue weighted by Crippen LogP contribution is 2.32. The minimum atomic E-state index is -0.635. The molecule has 0 aliphatic carbocycles. The molecule has 3 rings (SSSR count). The lowest BCUT2D eigenvalue weighted by molar-refractivity contribution is -0.131. The molecule has 0 fully saturated rings. The second-order valence-electron chi connectivity index (χ2n) is 6.51. The van der Waals surface area contributed by atoms with Crippen LogP contribution in [-0.2, 0) is 4.79 Å². The Hall–Kier alpha value is -4.21. The standard InChI is InChI=1S/C21H22FN7O2/c1-3-29(18-6-4-5-16(24)14(18)10-23)20-15(22)11-26-21(28-20)27-13-7-8-17(25)19(9-13)31-12(2)30/h4-11,23H,3,24-25H2,1-2H3,(H,26,27,28). The molecule has 160 valence electrons. The maximum absolute atomic E-state index is 14.7. The third-order valence-corrected chi connectivity index (χ3v) is 4.37. The molecular formula is C21H22FN7O2. The number of anilines is 6. The summed E-state index contributed by atoms with van der Waals surface area (Å²) < 4.78 is 19.7. The molecule has 1 aromatic heterocycles. The Morgan fingerprint density at radius 1 is 1.29 bits per heavy atom. The molecule has 0 aliphatic rings. The Morgan fingerprint density at radius 2 is 2.06 bits per heavy atom. The van der Waals surface area contributed by atoms with Gasteiger partial charge in [0.05, 0.1) is 17.6 Å². The van der Waals surface area contributed by atoms with Gasteiger partial charge in [-0.3, -0.25) is 4.79 Å². The van der Waals surface area contributed by atoms with Gasteiger partial charge < -0.3 is 31.8 Å². The predicted octanol–water partition coefficient (Wildman–Crippen LogP) is 3.60. The third kappa shape index (κ3) is 4.69. The lowest BCUT2D eigenvalue weighted by Crippen LogP contribution is -2.21. The molecular weight excluding hydrogens is 401 g/mol. The molecule has 9 nitrogen and oxygen atoms in total. The van der Waals surface area contributed by atoms with Crippen molar-refractivity contribution in [3.05, 3.63) is 54.0 Å². The van der Waals surface area contributed by atoms with Crippen LogP contribution >= 0.6 is 0 Å². The zero-order valence-electron chi connectivity index (χ0n) is 17.0. The van der Waals surface area contributed by atoms with Crippen LogP contribution in [0.3, 0.4) is 0 Å². The largest absolute Gasteiger partial charge is 0.424 e. The number of ether oxygens (including phenoxy) is 1. The van der Waals surface area contributed by atoms with E-state index in [0.29, 0.717) is 34.9 Å².